The zero-order valence-corrected chi connectivity index (χ0v) is 16.1. The number of hydrogen-bond donors (Lipinski definition) is 1. The Bertz CT molecular complexity index is 801. The summed E-state index contributed by atoms with van der Waals surface area (Å²) in [7, 11) is 1.48. The molecule has 0 saturated heterocycles. The van der Waals surface area contributed by atoms with Gasteiger partial charge in [0.2, 0.25) is 11.8 Å². The van der Waals surface area contributed by atoms with Crippen molar-refractivity contribution >= 4 is 23.6 Å². The molecule has 2 amide bonds. The Morgan fingerprint density at radius 2 is 1.59 bits per heavy atom. The molecule has 1 N–H and O–H groups in total. The standard InChI is InChI=1S/C20H22F2N2O2S/c1-14(20(26)23-2)24(11-15-7-3-5-9-17(15)21)19(25)13-27-12-16-8-4-6-10-18(16)22/h3-10,14H,11-13H2,1-2H3,(H,23,26)/t14-/m1/s1. The maximum atomic E-state index is 14.0. The molecule has 0 spiro atoms. The largest absolute Gasteiger partial charge is 0.357 e. The minimum absolute atomic E-state index is 0.0135. The first-order chi connectivity index (χ1) is 12.9. The number of rotatable bonds is 8. The topological polar surface area (TPSA) is 49.4 Å². The van der Waals surface area contributed by atoms with Gasteiger partial charge in [0.1, 0.15) is 17.7 Å². The summed E-state index contributed by atoms with van der Waals surface area (Å²) in [4.78, 5) is 26.1. The van der Waals surface area contributed by atoms with Gasteiger partial charge in [-0.25, -0.2) is 8.78 Å². The van der Waals surface area contributed by atoms with Gasteiger partial charge in [0, 0.05) is 24.9 Å². The number of hydrogen-bond acceptors (Lipinski definition) is 3. The summed E-state index contributed by atoms with van der Waals surface area (Å²) in [6.07, 6.45) is 0. The molecule has 0 bridgehead atoms. The molecule has 2 aromatic carbocycles. The highest BCUT2D eigenvalue weighted by Crippen LogP contribution is 2.18. The molecule has 4 nitrogen and oxygen atoms in total. The fourth-order valence-electron chi connectivity index (χ4n) is 2.55. The number of nitrogens with zero attached hydrogens (tertiary/aromatic N) is 1. The summed E-state index contributed by atoms with van der Waals surface area (Å²) in [6.45, 7) is 1.58. The van der Waals surface area contributed by atoms with Crippen molar-refractivity contribution < 1.29 is 18.4 Å². The van der Waals surface area contributed by atoms with E-state index in [0.29, 0.717) is 16.9 Å². The molecule has 0 aromatic heterocycles. The molecule has 0 aliphatic rings. The monoisotopic (exact) mass is 392 g/mol. The zero-order valence-electron chi connectivity index (χ0n) is 15.2. The van der Waals surface area contributed by atoms with Gasteiger partial charge in [0.15, 0.2) is 0 Å². The molecule has 0 aliphatic heterocycles. The van der Waals surface area contributed by atoms with Crippen LogP contribution >= 0.6 is 11.8 Å². The maximum absolute atomic E-state index is 14.0. The lowest BCUT2D eigenvalue weighted by molar-refractivity contribution is -0.138. The number of benzene rings is 2. The Balaban J connectivity index is 2.07. The third-order valence-corrected chi connectivity index (χ3v) is 5.12. The Hall–Kier alpha value is -2.41. The van der Waals surface area contributed by atoms with Crippen LogP contribution in [0, 0.1) is 11.6 Å². The lowest BCUT2D eigenvalue weighted by atomic mass is 10.1. The number of carbonyl (C=O) groups is 2. The van der Waals surface area contributed by atoms with Crippen molar-refractivity contribution in [1.29, 1.82) is 0 Å². The maximum Gasteiger partial charge on any atom is 0.242 e. The van der Waals surface area contributed by atoms with E-state index in [1.807, 2.05) is 0 Å². The number of nitrogens with one attached hydrogen (secondary N) is 1. The van der Waals surface area contributed by atoms with E-state index in [1.165, 1.54) is 35.8 Å². The van der Waals surface area contributed by atoms with Crippen LogP contribution in [-0.4, -0.2) is 35.6 Å². The smallest absolute Gasteiger partial charge is 0.242 e. The van der Waals surface area contributed by atoms with Crippen LogP contribution in [-0.2, 0) is 21.9 Å². The van der Waals surface area contributed by atoms with Crippen LogP contribution < -0.4 is 5.32 Å². The van der Waals surface area contributed by atoms with Crippen molar-refractivity contribution in [2.75, 3.05) is 12.8 Å². The highest BCUT2D eigenvalue weighted by Gasteiger charge is 2.26. The average Bonchev–Trinajstić information content (AvgIpc) is 2.67. The normalized spacial score (nSPS) is 11.7. The lowest BCUT2D eigenvalue weighted by Crippen LogP contribution is -2.47. The average molecular weight is 392 g/mol. The van der Waals surface area contributed by atoms with Crippen LogP contribution in [0.3, 0.4) is 0 Å². The predicted molar refractivity (Wildman–Crippen MR) is 103 cm³/mol. The van der Waals surface area contributed by atoms with Crippen molar-refractivity contribution in [2.45, 2.75) is 25.3 Å². The Morgan fingerprint density at radius 3 is 2.15 bits per heavy atom. The molecular weight excluding hydrogens is 370 g/mol. The molecule has 2 rings (SSSR count). The summed E-state index contributed by atoms with van der Waals surface area (Å²) < 4.78 is 27.7. The van der Waals surface area contributed by atoms with Gasteiger partial charge in [-0.1, -0.05) is 36.4 Å². The van der Waals surface area contributed by atoms with Crippen molar-refractivity contribution in [1.82, 2.24) is 10.2 Å². The van der Waals surface area contributed by atoms with Crippen molar-refractivity contribution in [3.8, 4) is 0 Å². The van der Waals surface area contributed by atoms with Crippen molar-refractivity contribution in [3.63, 3.8) is 0 Å². The first-order valence-electron chi connectivity index (χ1n) is 8.49. The number of amides is 2. The Morgan fingerprint density at radius 1 is 1.04 bits per heavy atom. The third-order valence-electron chi connectivity index (χ3n) is 4.15. The summed E-state index contributed by atoms with van der Waals surface area (Å²) in [5.41, 5.74) is 0.844. The van der Waals surface area contributed by atoms with Gasteiger partial charge in [0.25, 0.3) is 0 Å². The predicted octanol–water partition coefficient (Wildman–Crippen LogP) is 3.36. The van der Waals surface area contributed by atoms with E-state index in [2.05, 4.69) is 5.32 Å². The second-order valence-electron chi connectivity index (χ2n) is 5.99. The van der Waals surface area contributed by atoms with Crippen LogP contribution in [0.1, 0.15) is 18.1 Å². The van der Waals surface area contributed by atoms with Gasteiger partial charge in [-0.3, -0.25) is 9.59 Å². The molecule has 0 aliphatic carbocycles. The SMILES string of the molecule is CNC(=O)[C@@H](C)N(Cc1ccccc1F)C(=O)CSCc1ccccc1F. The highest BCUT2D eigenvalue weighted by atomic mass is 32.2. The molecule has 0 radical (unpaired) electrons. The number of likely N-dealkylation sites (N-methyl/N-ethyl adjacent to an activating group) is 1. The molecule has 0 saturated carbocycles. The van der Waals surface area contributed by atoms with E-state index in [-0.39, 0.29) is 29.9 Å². The summed E-state index contributed by atoms with van der Waals surface area (Å²) in [5, 5.41) is 2.51. The van der Waals surface area contributed by atoms with Gasteiger partial charge in [-0.15, -0.1) is 11.8 Å². The van der Waals surface area contributed by atoms with E-state index in [9.17, 15) is 18.4 Å². The second-order valence-corrected chi connectivity index (χ2v) is 6.97. The molecule has 7 heteroatoms. The molecule has 0 unspecified atom stereocenters. The number of thioether (sulfide) groups is 1. The lowest BCUT2D eigenvalue weighted by Gasteiger charge is -2.28. The summed E-state index contributed by atoms with van der Waals surface area (Å²) in [6, 6.07) is 11.8. The van der Waals surface area contributed by atoms with Gasteiger partial charge in [0.05, 0.1) is 5.75 Å². The minimum Gasteiger partial charge on any atom is -0.357 e. The molecule has 0 fully saturated rings. The number of carbonyl (C=O) groups excluding carboxylic acids is 2. The van der Waals surface area contributed by atoms with Crippen LogP contribution in [0.4, 0.5) is 8.78 Å². The van der Waals surface area contributed by atoms with Gasteiger partial charge < -0.3 is 10.2 Å². The quantitative estimate of drug-likeness (QED) is 0.750. The van der Waals surface area contributed by atoms with E-state index in [1.54, 1.807) is 43.3 Å². The Kier molecular flexibility index (Phi) is 7.79. The fraction of sp³-hybridized carbons (Fsp3) is 0.300. The Labute approximate surface area is 161 Å². The van der Waals surface area contributed by atoms with Crippen LogP contribution in [0.25, 0.3) is 0 Å². The van der Waals surface area contributed by atoms with E-state index in [0.717, 1.165) is 0 Å². The van der Waals surface area contributed by atoms with Crippen LogP contribution in [0.15, 0.2) is 48.5 Å². The highest BCUT2D eigenvalue weighted by molar-refractivity contribution is 7.99. The summed E-state index contributed by atoms with van der Waals surface area (Å²) in [5.74, 6) is -1.00. The fourth-order valence-corrected chi connectivity index (χ4v) is 3.44. The molecule has 2 aromatic rings. The molecule has 0 heterocycles. The van der Waals surface area contributed by atoms with Crippen molar-refractivity contribution in [2.24, 2.45) is 0 Å². The van der Waals surface area contributed by atoms with Crippen LogP contribution in [0.2, 0.25) is 0 Å². The van der Waals surface area contributed by atoms with E-state index in [4.69, 9.17) is 0 Å². The number of halogens is 2. The van der Waals surface area contributed by atoms with Gasteiger partial charge >= 0.3 is 0 Å². The van der Waals surface area contributed by atoms with E-state index >= 15 is 0 Å². The molecule has 144 valence electrons. The first kappa shape index (κ1) is 20.9. The van der Waals surface area contributed by atoms with Crippen molar-refractivity contribution in [3.05, 3.63) is 71.3 Å². The van der Waals surface area contributed by atoms with Gasteiger partial charge in [-0.05, 0) is 24.6 Å². The molecule has 1 atom stereocenters. The second kappa shape index (κ2) is 10.1. The molecule has 27 heavy (non-hydrogen) atoms. The van der Waals surface area contributed by atoms with Gasteiger partial charge in [-0.2, -0.15) is 0 Å². The first-order valence-corrected chi connectivity index (χ1v) is 9.65. The van der Waals surface area contributed by atoms with Crippen LogP contribution in [0.5, 0.6) is 0 Å². The molecular formula is C20H22F2N2O2S. The van der Waals surface area contributed by atoms with E-state index < -0.39 is 11.9 Å². The minimum atomic E-state index is -0.754. The third kappa shape index (κ3) is 5.79. The summed E-state index contributed by atoms with van der Waals surface area (Å²) >= 11 is 1.25. The zero-order chi connectivity index (χ0) is 19.8.